The van der Waals surface area contributed by atoms with Gasteiger partial charge < -0.3 is 9.80 Å². The molecule has 7 heteroatoms. The normalized spacial score (nSPS) is 22.1. The van der Waals surface area contributed by atoms with Crippen LogP contribution in [0.15, 0.2) is 24.3 Å². The van der Waals surface area contributed by atoms with E-state index in [1.54, 1.807) is 4.90 Å². The molecule has 3 rings (SSSR count). The Labute approximate surface area is 137 Å². The van der Waals surface area contributed by atoms with E-state index in [0.717, 1.165) is 18.7 Å². The predicted molar refractivity (Wildman–Crippen MR) is 89.4 cm³/mol. The minimum absolute atomic E-state index is 0.00210. The minimum Gasteiger partial charge on any atom is -0.372 e. The molecule has 2 aliphatic heterocycles. The SMILES string of the molecule is NS(=O)(=O)CC1CC(=O)N(Cc2ccc(N3CCCC3)cc2)C1. The Morgan fingerprint density at radius 1 is 1.13 bits per heavy atom. The molecule has 0 saturated carbocycles. The van der Waals surface area contributed by atoms with Crippen LogP contribution >= 0.6 is 0 Å². The van der Waals surface area contributed by atoms with Crippen LogP contribution < -0.4 is 10.0 Å². The number of benzene rings is 1. The molecule has 1 aromatic carbocycles. The Bertz CT molecular complexity index is 666. The van der Waals surface area contributed by atoms with Gasteiger partial charge in [-0.15, -0.1) is 0 Å². The molecular weight excluding hydrogens is 314 g/mol. The molecule has 0 aliphatic carbocycles. The lowest BCUT2D eigenvalue weighted by atomic mass is 10.1. The largest absolute Gasteiger partial charge is 0.372 e. The molecule has 0 radical (unpaired) electrons. The Hall–Kier alpha value is -1.60. The van der Waals surface area contributed by atoms with Gasteiger partial charge in [0.1, 0.15) is 0 Å². The highest BCUT2D eigenvalue weighted by Gasteiger charge is 2.31. The van der Waals surface area contributed by atoms with E-state index in [1.165, 1.54) is 18.5 Å². The first-order chi connectivity index (χ1) is 10.9. The summed E-state index contributed by atoms with van der Waals surface area (Å²) in [5.74, 6) is -0.313. The van der Waals surface area contributed by atoms with Gasteiger partial charge in [0, 0.05) is 44.2 Å². The Morgan fingerprint density at radius 2 is 1.78 bits per heavy atom. The van der Waals surface area contributed by atoms with E-state index in [2.05, 4.69) is 17.0 Å². The second kappa shape index (κ2) is 6.49. The van der Waals surface area contributed by atoms with E-state index in [1.807, 2.05) is 12.1 Å². The third kappa shape index (κ3) is 4.23. The van der Waals surface area contributed by atoms with Gasteiger partial charge in [0.25, 0.3) is 0 Å². The predicted octanol–water partition coefficient (Wildman–Crippen LogP) is 0.924. The van der Waals surface area contributed by atoms with E-state index in [9.17, 15) is 13.2 Å². The summed E-state index contributed by atoms with van der Waals surface area (Å²) >= 11 is 0. The molecule has 0 spiro atoms. The number of hydrogen-bond donors (Lipinski definition) is 1. The molecule has 1 unspecified atom stereocenters. The number of carbonyl (C=O) groups is 1. The van der Waals surface area contributed by atoms with Gasteiger partial charge in [-0.3, -0.25) is 4.79 Å². The minimum atomic E-state index is -3.53. The summed E-state index contributed by atoms with van der Waals surface area (Å²) in [5, 5.41) is 5.07. The first kappa shape index (κ1) is 16.3. The number of primary sulfonamides is 1. The van der Waals surface area contributed by atoms with E-state index >= 15 is 0 Å². The molecule has 2 heterocycles. The molecule has 1 amide bonds. The first-order valence-corrected chi connectivity index (χ1v) is 9.74. The summed E-state index contributed by atoms with van der Waals surface area (Å²) in [5.41, 5.74) is 2.30. The lowest BCUT2D eigenvalue weighted by Crippen LogP contribution is -2.27. The van der Waals surface area contributed by atoms with Crippen molar-refractivity contribution in [2.24, 2.45) is 11.1 Å². The zero-order valence-electron chi connectivity index (χ0n) is 13.1. The average molecular weight is 337 g/mol. The number of sulfonamides is 1. The number of amides is 1. The van der Waals surface area contributed by atoms with Gasteiger partial charge >= 0.3 is 0 Å². The zero-order valence-corrected chi connectivity index (χ0v) is 14.0. The van der Waals surface area contributed by atoms with Gasteiger partial charge in [-0.25, -0.2) is 13.6 Å². The maximum Gasteiger partial charge on any atom is 0.223 e. The van der Waals surface area contributed by atoms with Crippen LogP contribution in [0, 0.1) is 5.92 Å². The monoisotopic (exact) mass is 337 g/mol. The average Bonchev–Trinajstić information content (AvgIpc) is 3.09. The van der Waals surface area contributed by atoms with Crippen LogP contribution in [0.5, 0.6) is 0 Å². The summed E-state index contributed by atoms with van der Waals surface area (Å²) in [4.78, 5) is 16.1. The number of carbonyl (C=O) groups excluding carboxylic acids is 1. The maximum atomic E-state index is 12.0. The van der Waals surface area contributed by atoms with Gasteiger partial charge in [0.15, 0.2) is 0 Å². The topological polar surface area (TPSA) is 83.7 Å². The molecule has 2 N–H and O–H groups in total. The number of likely N-dealkylation sites (tertiary alicyclic amines) is 1. The van der Waals surface area contributed by atoms with Crippen molar-refractivity contribution in [2.75, 3.05) is 30.3 Å². The van der Waals surface area contributed by atoms with Gasteiger partial charge in [-0.2, -0.15) is 0 Å². The van der Waals surface area contributed by atoms with Crippen LogP contribution in [-0.4, -0.2) is 44.6 Å². The van der Waals surface area contributed by atoms with E-state index < -0.39 is 10.0 Å². The molecule has 2 fully saturated rings. The van der Waals surface area contributed by atoms with Gasteiger partial charge in [0.05, 0.1) is 5.75 Å². The van der Waals surface area contributed by atoms with Crippen LogP contribution in [0.4, 0.5) is 5.69 Å². The molecule has 1 aromatic rings. The van der Waals surface area contributed by atoms with Crippen molar-refractivity contribution in [3.8, 4) is 0 Å². The second-order valence-electron chi connectivity index (χ2n) is 6.53. The van der Waals surface area contributed by atoms with Crippen LogP contribution in [0.25, 0.3) is 0 Å². The van der Waals surface area contributed by atoms with Crippen LogP contribution in [0.1, 0.15) is 24.8 Å². The molecule has 0 aromatic heterocycles. The fourth-order valence-corrected chi connectivity index (χ4v) is 4.34. The number of nitrogens with zero attached hydrogens (tertiary/aromatic N) is 2. The van der Waals surface area contributed by atoms with Gasteiger partial charge in [-0.05, 0) is 30.5 Å². The molecule has 6 nitrogen and oxygen atoms in total. The molecule has 1 atom stereocenters. The summed E-state index contributed by atoms with van der Waals surface area (Å²) in [6.45, 7) is 3.21. The summed E-state index contributed by atoms with van der Waals surface area (Å²) in [7, 11) is -3.53. The smallest absolute Gasteiger partial charge is 0.223 e. The van der Waals surface area contributed by atoms with E-state index in [0.29, 0.717) is 13.1 Å². The highest BCUT2D eigenvalue weighted by Crippen LogP contribution is 2.24. The van der Waals surface area contributed by atoms with Crippen molar-refractivity contribution >= 4 is 21.6 Å². The number of anilines is 1. The third-order valence-electron chi connectivity index (χ3n) is 4.54. The summed E-state index contributed by atoms with van der Waals surface area (Å²) in [6.07, 6.45) is 2.76. The quantitative estimate of drug-likeness (QED) is 0.866. The lowest BCUT2D eigenvalue weighted by Gasteiger charge is -2.20. The van der Waals surface area contributed by atoms with E-state index in [4.69, 9.17) is 5.14 Å². The van der Waals surface area contributed by atoms with E-state index in [-0.39, 0.29) is 24.0 Å². The Balaban J connectivity index is 1.59. The van der Waals surface area contributed by atoms with Crippen LogP contribution in [-0.2, 0) is 21.4 Å². The fraction of sp³-hybridized carbons (Fsp3) is 0.562. The standard InChI is InChI=1S/C16H23N3O3S/c17-23(21,22)12-14-9-16(20)19(11-14)10-13-3-5-15(6-4-13)18-7-1-2-8-18/h3-6,14H,1-2,7-12H2,(H2,17,21,22). The molecule has 2 aliphatic rings. The van der Waals surface area contributed by atoms with Crippen molar-refractivity contribution < 1.29 is 13.2 Å². The Kier molecular flexibility index (Phi) is 4.59. The molecule has 126 valence electrons. The number of hydrogen-bond acceptors (Lipinski definition) is 4. The Morgan fingerprint density at radius 3 is 2.39 bits per heavy atom. The molecular formula is C16H23N3O3S. The van der Waals surface area contributed by atoms with Crippen molar-refractivity contribution in [1.82, 2.24) is 4.90 Å². The van der Waals surface area contributed by atoms with Crippen molar-refractivity contribution in [3.05, 3.63) is 29.8 Å². The third-order valence-corrected chi connectivity index (χ3v) is 5.48. The first-order valence-electron chi connectivity index (χ1n) is 8.03. The highest BCUT2D eigenvalue weighted by molar-refractivity contribution is 7.89. The molecule has 23 heavy (non-hydrogen) atoms. The van der Waals surface area contributed by atoms with Crippen LogP contribution in [0.3, 0.4) is 0 Å². The van der Waals surface area contributed by atoms with Crippen molar-refractivity contribution in [2.45, 2.75) is 25.8 Å². The summed E-state index contributed by atoms with van der Waals surface area (Å²) < 4.78 is 22.3. The van der Waals surface area contributed by atoms with Gasteiger partial charge in [-0.1, -0.05) is 12.1 Å². The fourth-order valence-electron chi connectivity index (χ4n) is 3.45. The molecule has 0 bridgehead atoms. The lowest BCUT2D eigenvalue weighted by molar-refractivity contribution is -0.128. The second-order valence-corrected chi connectivity index (χ2v) is 8.19. The van der Waals surface area contributed by atoms with Gasteiger partial charge in [0.2, 0.25) is 15.9 Å². The highest BCUT2D eigenvalue weighted by atomic mass is 32.2. The molecule has 2 saturated heterocycles. The maximum absolute atomic E-state index is 12.0. The zero-order chi connectivity index (χ0) is 16.4. The summed E-state index contributed by atoms with van der Waals surface area (Å²) in [6, 6.07) is 8.30. The van der Waals surface area contributed by atoms with Crippen molar-refractivity contribution in [3.63, 3.8) is 0 Å². The van der Waals surface area contributed by atoms with Crippen molar-refractivity contribution in [1.29, 1.82) is 0 Å². The number of nitrogens with two attached hydrogens (primary N) is 1. The van der Waals surface area contributed by atoms with Crippen LogP contribution in [0.2, 0.25) is 0 Å². The number of rotatable bonds is 5.